The Morgan fingerprint density at radius 1 is 1.50 bits per heavy atom. The average Bonchev–Trinajstić information content (AvgIpc) is 2.62. The van der Waals surface area contributed by atoms with Gasteiger partial charge < -0.3 is 9.84 Å². The van der Waals surface area contributed by atoms with Gasteiger partial charge in [-0.1, -0.05) is 6.07 Å². The van der Waals surface area contributed by atoms with Crippen LogP contribution in [0.1, 0.15) is 30.9 Å². The average molecular weight is 256 g/mol. The summed E-state index contributed by atoms with van der Waals surface area (Å²) in [5.74, 6) is -2.42. The summed E-state index contributed by atoms with van der Waals surface area (Å²) in [6.45, 7) is 1.89. The molecule has 3 nitrogen and oxygen atoms in total. The molecule has 0 saturated carbocycles. The number of rotatable bonds is 3. The summed E-state index contributed by atoms with van der Waals surface area (Å²) >= 11 is 0. The van der Waals surface area contributed by atoms with Crippen molar-refractivity contribution < 1.29 is 23.4 Å². The summed E-state index contributed by atoms with van der Waals surface area (Å²) in [5, 5.41) is 10.4. The van der Waals surface area contributed by atoms with E-state index in [2.05, 4.69) is 0 Å². The molecule has 1 N–H and O–H groups in total. The molecule has 1 aromatic carbocycles. The molecule has 98 valence electrons. The number of aliphatic hydroxyl groups is 1. The van der Waals surface area contributed by atoms with Crippen molar-refractivity contribution >= 4 is 5.97 Å². The van der Waals surface area contributed by atoms with Gasteiger partial charge in [0.15, 0.2) is 11.6 Å². The Balaban J connectivity index is 2.30. The second kappa shape index (κ2) is 4.65. The third kappa shape index (κ3) is 2.10. The van der Waals surface area contributed by atoms with Crippen molar-refractivity contribution in [3.8, 4) is 0 Å². The first-order valence-electron chi connectivity index (χ1n) is 5.83. The number of benzene rings is 1. The van der Waals surface area contributed by atoms with Gasteiger partial charge in [-0.05, 0) is 37.0 Å². The maximum absolute atomic E-state index is 13.5. The Morgan fingerprint density at radius 3 is 2.89 bits per heavy atom. The first-order valence-corrected chi connectivity index (χ1v) is 5.83. The largest absolute Gasteiger partial charge is 0.466 e. The van der Waals surface area contributed by atoms with Gasteiger partial charge in [-0.3, -0.25) is 4.79 Å². The number of carbonyl (C=O) groups excluding carboxylic acids is 1. The Morgan fingerprint density at radius 2 is 2.22 bits per heavy atom. The molecule has 0 fully saturated rings. The van der Waals surface area contributed by atoms with Gasteiger partial charge in [-0.25, -0.2) is 8.78 Å². The van der Waals surface area contributed by atoms with Gasteiger partial charge in [-0.15, -0.1) is 0 Å². The second-order valence-corrected chi connectivity index (χ2v) is 4.40. The molecule has 0 aliphatic heterocycles. The van der Waals surface area contributed by atoms with Gasteiger partial charge in [0.1, 0.15) is 5.60 Å². The minimum absolute atomic E-state index is 0.154. The van der Waals surface area contributed by atoms with Crippen LogP contribution in [-0.4, -0.2) is 17.7 Å². The van der Waals surface area contributed by atoms with Gasteiger partial charge in [-0.2, -0.15) is 0 Å². The number of halogens is 2. The van der Waals surface area contributed by atoms with E-state index in [1.54, 1.807) is 6.92 Å². The molecule has 1 aliphatic rings. The zero-order valence-electron chi connectivity index (χ0n) is 10.0. The van der Waals surface area contributed by atoms with Gasteiger partial charge >= 0.3 is 5.97 Å². The molecule has 0 aromatic heterocycles. The molecule has 1 unspecified atom stereocenters. The smallest absolute Gasteiger partial charge is 0.309 e. The number of esters is 1. The van der Waals surface area contributed by atoms with Crippen LogP contribution in [0.5, 0.6) is 0 Å². The van der Waals surface area contributed by atoms with Crippen LogP contribution >= 0.6 is 0 Å². The SMILES string of the molecule is CCOC(=O)CC1(O)CCc2c1ccc(F)c2F. The van der Waals surface area contributed by atoms with Crippen molar-refractivity contribution in [3.63, 3.8) is 0 Å². The lowest BCUT2D eigenvalue weighted by atomic mass is 9.92. The predicted molar refractivity (Wildman–Crippen MR) is 59.8 cm³/mol. The maximum Gasteiger partial charge on any atom is 0.309 e. The summed E-state index contributed by atoms with van der Waals surface area (Å²) in [4.78, 5) is 11.4. The first kappa shape index (κ1) is 13.0. The van der Waals surface area contributed by atoms with E-state index in [1.165, 1.54) is 6.07 Å². The molecule has 0 bridgehead atoms. The van der Waals surface area contributed by atoms with Crippen molar-refractivity contribution in [2.24, 2.45) is 0 Å². The topological polar surface area (TPSA) is 46.5 Å². The Bertz CT molecular complexity index is 487. The van der Waals surface area contributed by atoms with Crippen LogP contribution in [0.25, 0.3) is 0 Å². The van der Waals surface area contributed by atoms with Crippen LogP contribution in [0.3, 0.4) is 0 Å². The summed E-state index contributed by atoms with van der Waals surface area (Å²) in [6, 6.07) is 2.30. The number of fused-ring (bicyclic) bond motifs is 1. The van der Waals surface area contributed by atoms with Crippen LogP contribution in [0, 0.1) is 11.6 Å². The summed E-state index contributed by atoms with van der Waals surface area (Å²) in [7, 11) is 0. The molecule has 0 spiro atoms. The summed E-state index contributed by atoms with van der Waals surface area (Å²) in [5.41, 5.74) is -1.01. The molecule has 0 saturated heterocycles. The van der Waals surface area contributed by atoms with E-state index in [-0.39, 0.29) is 37.0 Å². The van der Waals surface area contributed by atoms with Crippen molar-refractivity contribution in [1.29, 1.82) is 0 Å². The summed E-state index contributed by atoms with van der Waals surface area (Å²) in [6.07, 6.45) is 0.176. The molecule has 2 rings (SSSR count). The number of ether oxygens (including phenoxy) is 1. The fraction of sp³-hybridized carbons (Fsp3) is 0.462. The molecule has 1 atom stereocenters. The molecular weight excluding hydrogens is 242 g/mol. The van der Waals surface area contributed by atoms with Gasteiger partial charge in [0, 0.05) is 0 Å². The standard InChI is InChI=1S/C13H14F2O3/c1-2-18-11(16)7-13(17)6-5-8-9(13)3-4-10(14)12(8)15/h3-4,17H,2,5-7H2,1H3. The van der Waals surface area contributed by atoms with Crippen LogP contribution in [0.2, 0.25) is 0 Å². The van der Waals surface area contributed by atoms with Gasteiger partial charge in [0.25, 0.3) is 0 Å². The highest BCUT2D eigenvalue weighted by Gasteiger charge is 2.40. The molecule has 1 aromatic rings. The lowest BCUT2D eigenvalue weighted by molar-refractivity contribution is -0.149. The van der Waals surface area contributed by atoms with Gasteiger partial charge in [0.05, 0.1) is 13.0 Å². The van der Waals surface area contributed by atoms with Gasteiger partial charge in [0.2, 0.25) is 0 Å². The number of carbonyl (C=O) groups is 1. The lowest BCUT2D eigenvalue weighted by Gasteiger charge is -2.22. The zero-order valence-corrected chi connectivity index (χ0v) is 10.0. The second-order valence-electron chi connectivity index (χ2n) is 4.40. The van der Waals surface area contributed by atoms with E-state index in [9.17, 15) is 18.7 Å². The first-order chi connectivity index (χ1) is 8.48. The lowest BCUT2D eigenvalue weighted by Crippen LogP contribution is -2.27. The Labute approximate surface area is 103 Å². The minimum Gasteiger partial charge on any atom is -0.466 e. The molecule has 1 aliphatic carbocycles. The zero-order chi connectivity index (χ0) is 13.3. The van der Waals surface area contributed by atoms with Crippen LogP contribution in [0.4, 0.5) is 8.78 Å². The molecule has 18 heavy (non-hydrogen) atoms. The van der Waals surface area contributed by atoms with E-state index in [0.717, 1.165) is 6.07 Å². The molecule has 0 amide bonds. The van der Waals surface area contributed by atoms with Crippen molar-refractivity contribution in [2.75, 3.05) is 6.61 Å². The third-order valence-corrected chi connectivity index (χ3v) is 3.23. The fourth-order valence-electron chi connectivity index (χ4n) is 2.37. The van der Waals surface area contributed by atoms with E-state index < -0.39 is 23.2 Å². The van der Waals surface area contributed by atoms with E-state index in [1.807, 2.05) is 0 Å². The highest BCUT2D eigenvalue weighted by molar-refractivity contribution is 5.71. The fourth-order valence-corrected chi connectivity index (χ4v) is 2.37. The Hall–Kier alpha value is -1.49. The molecular formula is C13H14F2O3. The third-order valence-electron chi connectivity index (χ3n) is 3.23. The van der Waals surface area contributed by atoms with Crippen molar-refractivity contribution in [2.45, 2.75) is 31.8 Å². The molecule has 5 heteroatoms. The minimum atomic E-state index is -1.45. The highest BCUT2D eigenvalue weighted by Crippen LogP contribution is 2.41. The number of hydrogen-bond acceptors (Lipinski definition) is 3. The molecule has 0 heterocycles. The van der Waals surface area contributed by atoms with Crippen LogP contribution < -0.4 is 0 Å². The monoisotopic (exact) mass is 256 g/mol. The summed E-state index contributed by atoms with van der Waals surface area (Å²) < 4.78 is 31.4. The maximum atomic E-state index is 13.5. The highest BCUT2D eigenvalue weighted by atomic mass is 19.2. The van der Waals surface area contributed by atoms with Crippen molar-refractivity contribution in [3.05, 3.63) is 34.9 Å². The van der Waals surface area contributed by atoms with E-state index in [0.29, 0.717) is 0 Å². The molecule has 0 radical (unpaired) electrons. The van der Waals surface area contributed by atoms with Crippen molar-refractivity contribution in [1.82, 2.24) is 0 Å². The van der Waals surface area contributed by atoms with E-state index in [4.69, 9.17) is 4.74 Å². The van der Waals surface area contributed by atoms with E-state index >= 15 is 0 Å². The quantitative estimate of drug-likeness (QED) is 0.842. The Kier molecular flexibility index (Phi) is 3.34. The predicted octanol–water partition coefficient (Wildman–Crippen LogP) is 2.05. The van der Waals surface area contributed by atoms with Crippen LogP contribution in [0.15, 0.2) is 12.1 Å². The number of hydrogen-bond donors (Lipinski definition) is 1. The van der Waals surface area contributed by atoms with Crippen LogP contribution in [-0.2, 0) is 21.6 Å². The normalized spacial score (nSPS) is 21.8.